The van der Waals surface area contributed by atoms with Crippen LogP contribution in [-0.4, -0.2) is 16.1 Å². The lowest BCUT2D eigenvalue weighted by atomic mass is 10.1. The summed E-state index contributed by atoms with van der Waals surface area (Å²) >= 11 is 0. The first-order chi connectivity index (χ1) is 9.88. The minimum absolute atomic E-state index is 0.198. The molecule has 21 heavy (non-hydrogen) atoms. The number of nitrogens with one attached hydrogen (secondary N) is 1. The second-order valence-electron chi connectivity index (χ2n) is 4.27. The molecule has 0 aliphatic heterocycles. The van der Waals surface area contributed by atoms with E-state index in [1.807, 2.05) is 0 Å². The van der Waals surface area contributed by atoms with Gasteiger partial charge in [0.05, 0.1) is 11.1 Å². The summed E-state index contributed by atoms with van der Waals surface area (Å²) in [6, 6.07) is 6.50. The lowest BCUT2D eigenvalue weighted by Gasteiger charge is -2.13. The molecule has 0 aliphatic carbocycles. The average molecular weight is 296 g/mol. The Morgan fingerprint density at radius 3 is 2.43 bits per heavy atom. The highest BCUT2D eigenvalue weighted by Gasteiger charge is 2.35. The summed E-state index contributed by atoms with van der Waals surface area (Å²) in [6.07, 6.45) is -1.57. The maximum Gasteiger partial charge on any atom is 0.417 e. The predicted octanol–water partition coefficient (Wildman–Crippen LogP) is 3.41. The molecule has 1 aromatic carbocycles. The molecule has 2 rings (SSSR count). The number of carboxylic acid groups (broad SMARTS) is 1. The standard InChI is InChI=1S/C14H11F3N2O2/c15-14(16,17)12-7-10(1-2-11(12)13(20)21)19-8-9-3-5-18-6-4-9/h1-7,19H,8H2,(H,20,21). The van der Waals surface area contributed by atoms with Gasteiger partial charge >= 0.3 is 12.1 Å². The number of carbonyl (C=O) groups is 1. The Balaban J connectivity index is 2.24. The minimum atomic E-state index is -4.72. The first kappa shape index (κ1) is 14.8. The SMILES string of the molecule is O=C(O)c1ccc(NCc2ccncc2)cc1C(F)(F)F. The van der Waals surface area contributed by atoms with Gasteiger partial charge in [-0.3, -0.25) is 4.98 Å². The number of pyridine rings is 1. The van der Waals surface area contributed by atoms with Crippen molar-refractivity contribution in [2.24, 2.45) is 0 Å². The smallest absolute Gasteiger partial charge is 0.417 e. The summed E-state index contributed by atoms with van der Waals surface area (Å²) in [5.41, 5.74) is -0.892. The second kappa shape index (κ2) is 5.82. The molecule has 7 heteroatoms. The van der Waals surface area contributed by atoms with Gasteiger partial charge in [-0.25, -0.2) is 4.79 Å². The first-order valence-electron chi connectivity index (χ1n) is 5.95. The molecule has 0 bridgehead atoms. The topological polar surface area (TPSA) is 62.2 Å². The van der Waals surface area contributed by atoms with Gasteiger partial charge in [-0.05, 0) is 35.9 Å². The van der Waals surface area contributed by atoms with Crippen LogP contribution < -0.4 is 5.32 Å². The number of rotatable bonds is 4. The van der Waals surface area contributed by atoms with Crippen molar-refractivity contribution in [1.29, 1.82) is 0 Å². The van der Waals surface area contributed by atoms with Crippen molar-refractivity contribution in [2.45, 2.75) is 12.7 Å². The Bertz CT molecular complexity index is 642. The fraction of sp³-hybridized carbons (Fsp3) is 0.143. The van der Waals surface area contributed by atoms with Crippen LogP contribution in [0.4, 0.5) is 18.9 Å². The lowest BCUT2D eigenvalue weighted by Crippen LogP contribution is -2.13. The van der Waals surface area contributed by atoms with Crippen LogP contribution in [0, 0.1) is 0 Å². The third-order valence-electron chi connectivity index (χ3n) is 2.80. The Morgan fingerprint density at radius 1 is 1.19 bits per heavy atom. The average Bonchev–Trinajstić information content (AvgIpc) is 2.45. The van der Waals surface area contributed by atoms with Crippen LogP contribution in [0.25, 0.3) is 0 Å². The summed E-state index contributed by atoms with van der Waals surface area (Å²) in [7, 11) is 0. The molecule has 0 radical (unpaired) electrons. The molecule has 4 nitrogen and oxygen atoms in total. The van der Waals surface area contributed by atoms with Crippen molar-refractivity contribution >= 4 is 11.7 Å². The van der Waals surface area contributed by atoms with Gasteiger partial charge in [0.2, 0.25) is 0 Å². The second-order valence-corrected chi connectivity index (χ2v) is 4.27. The van der Waals surface area contributed by atoms with Crippen LogP contribution in [0.15, 0.2) is 42.7 Å². The van der Waals surface area contributed by atoms with Gasteiger partial charge < -0.3 is 10.4 Å². The maximum absolute atomic E-state index is 12.9. The van der Waals surface area contributed by atoms with E-state index < -0.39 is 23.3 Å². The predicted molar refractivity (Wildman–Crippen MR) is 70.0 cm³/mol. The minimum Gasteiger partial charge on any atom is -0.478 e. The monoisotopic (exact) mass is 296 g/mol. The van der Waals surface area contributed by atoms with E-state index in [0.717, 1.165) is 17.7 Å². The molecule has 0 saturated carbocycles. The molecule has 110 valence electrons. The molecule has 0 unspecified atom stereocenters. The number of benzene rings is 1. The van der Waals surface area contributed by atoms with Crippen LogP contribution in [0.3, 0.4) is 0 Å². The Kier molecular flexibility index (Phi) is 4.11. The number of alkyl halides is 3. The summed E-state index contributed by atoms with van der Waals surface area (Å²) in [5, 5.41) is 11.6. The van der Waals surface area contributed by atoms with Gasteiger partial charge in [0.25, 0.3) is 0 Å². The van der Waals surface area contributed by atoms with Gasteiger partial charge in [-0.1, -0.05) is 0 Å². The number of anilines is 1. The highest BCUT2D eigenvalue weighted by molar-refractivity contribution is 5.90. The molecule has 0 amide bonds. The van der Waals surface area contributed by atoms with Crippen LogP contribution >= 0.6 is 0 Å². The van der Waals surface area contributed by atoms with Crippen molar-refractivity contribution in [2.75, 3.05) is 5.32 Å². The number of aromatic nitrogens is 1. The molecule has 2 aromatic rings. The number of halogens is 3. The largest absolute Gasteiger partial charge is 0.478 e. The van der Waals surface area contributed by atoms with Crippen molar-refractivity contribution in [3.63, 3.8) is 0 Å². The zero-order chi connectivity index (χ0) is 15.5. The van der Waals surface area contributed by atoms with Crippen LogP contribution in [0.1, 0.15) is 21.5 Å². The van der Waals surface area contributed by atoms with Crippen molar-refractivity contribution in [3.8, 4) is 0 Å². The molecular formula is C14H11F3N2O2. The third kappa shape index (κ3) is 3.71. The van der Waals surface area contributed by atoms with E-state index in [-0.39, 0.29) is 5.69 Å². The van der Waals surface area contributed by atoms with E-state index in [2.05, 4.69) is 10.3 Å². The van der Waals surface area contributed by atoms with Crippen molar-refractivity contribution in [1.82, 2.24) is 4.98 Å². The van der Waals surface area contributed by atoms with E-state index in [9.17, 15) is 18.0 Å². The van der Waals surface area contributed by atoms with Crippen molar-refractivity contribution in [3.05, 3.63) is 59.4 Å². The fourth-order valence-corrected chi connectivity index (χ4v) is 1.78. The van der Waals surface area contributed by atoms with E-state index in [4.69, 9.17) is 5.11 Å². The van der Waals surface area contributed by atoms with E-state index in [1.54, 1.807) is 24.5 Å². The van der Waals surface area contributed by atoms with Crippen LogP contribution in [0.2, 0.25) is 0 Å². The summed E-state index contributed by atoms with van der Waals surface area (Å²) < 4.78 is 38.6. The summed E-state index contributed by atoms with van der Waals surface area (Å²) in [6.45, 7) is 0.312. The number of carboxylic acids is 1. The Morgan fingerprint density at radius 2 is 1.86 bits per heavy atom. The van der Waals surface area contributed by atoms with Crippen LogP contribution in [-0.2, 0) is 12.7 Å². The van der Waals surface area contributed by atoms with Crippen LogP contribution in [0.5, 0.6) is 0 Å². The van der Waals surface area contributed by atoms with Gasteiger partial charge in [-0.15, -0.1) is 0 Å². The van der Waals surface area contributed by atoms with Gasteiger partial charge in [0.15, 0.2) is 0 Å². The zero-order valence-electron chi connectivity index (χ0n) is 10.7. The first-order valence-corrected chi connectivity index (χ1v) is 5.95. The number of nitrogens with zero attached hydrogens (tertiary/aromatic N) is 1. The maximum atomic E-state index is 12.9. The normalized spacial score (nSPS) is 11.2. The molecule has 2 N–H and O–H groups in total. The summed E-state index contributed by atoms with van der Waals surface area (Å²) in [5.74, 6) is -1.61. The molecule has 0 fully saturated rings. The number of aromatic carboxylic acids is 1. The highest BCUT2D eigenvalue weighted by atomic mass is 19.4. The van der Waals surface area contributed by atoms with E-state index in [0.29, 0.717) is 6.54 Å². The van der Waals surface area contributed by atoms with Gasteiger partial charge in [0, 0.05) is 24.6 Å². The number of hydrogen-bond acceptors (Lipinski definition) is 3. The fourth-order valence-electron chi connectivity index (χ4n) is 1.78. The highest BCUT2D eigenvalue weighted by Crippen LogP contribution is 2.34. The molecule has 1 aromatic heterocycles. The van der Waals surface area contributed by atoms with Gasteiger partial charge in [0.1, 0.15) is 0 Å². The lowest BCUT2D eigenvalue weighted by molar-refractivity contribution is -0.138. The Hall–Kier alpha value is -2.57. The molecule has 0 spiro atoms. The molecule has 0 aliphatic rings. The summed E-state index contributed by atoms with van der Waals surface area (Å²) in [4.78, 5) is 14.7. The molecule has 1 heterocycles. The molecule has 0 saturated heterocycles. The molecule has 0 atom stereocenters. The quantitative estimate of drug-likeness (QED) is 0.907. The number of hydrogen-bond donors (Lipinski definition) is 2. The molecular weight excluding hydrogens is 285 g/mol. The van der Waals surface area contributed by atoms with Gasteiger partial charge in [-0.2, -0.15) is 13.2 Å². The van der Waals surface area contributed by atoms with Crippen molar-refractivity contribution < 1.29 is 23.1 Å². The van der Waals surface area contributed by atoms with E-state index >= 15 is 0 Å². The third-order valence-corrected chi connectivity index (χ3v) is 2.80. The van der Waals surface area contributed by atoms with E-state index in [1.165, 1.54) is 6.07 Å². The zero-order valence-corrected chi connectivity index (χ0v) is 10.7. The Labute approximate surface area is 118 Å².